The third kappa shape index (κ3) is 5.23. The normalized spacial score (nSPS) is 24.4. The number of hydrogen-bond donors (Lipinski definition) is 1. The van der Waals surface area contributed by atoms with Crippen molar-refractivity contribution in [3.63, 3.8) is 0 Å². The van der Waals surface area contributed by atoms with E-state index in [9.17, 15) is 26.4 Å². The molecule has 1 aliphatic heterocycles. The van der Waals surface area contributed by atoms with Crippen LogP contribution in [0, 0.1) is 0 Å². The summed E-state index contributed by atoms with van der Waals surface area (Å²) in [5.41, 5.74) is 0.203. The molecule has 2 atom stereocenters. The quantitative estimate of drug-likeness (QED) is 0.448. The number of quaternary nitrogens is 1. The maximum atomic E-state index is 13.3. The fourth-order valence-electron chi connectivity index (χ4n) is 5.10. The zero-order valence-corrected chi connectivity index (χ0v) is 20.2. The lowest BCUT2D eigenvalue weighted by Crippen LogP contribution is -2.62. The van der Waals surface area contributed by atoms with Gasteiger partial charge in [-0.05, 0) is 38.1 Å². The highest BCUT2D eigenvalue weighted by Gasteiger charge is 2.50. The average molecular weight is 513 g/mol. The molecule has 0 aromatic heterocycles. The van der Waals surface area contributed by atoms with Crippen LogP contribution in [-0.2, 0) is 25.8 Å². The Bertz CT molecular complexity index is 1150. The number of hydroxylamine groups is 2. The van der Waals surface area contributed by atoms with Gasteiger partial charge in [-0.25, -0.2) is 8.42 Å². The van der Waals surface area contributed by atoms with E-state index >= 15 is 0 Å². The zero-order chi connectivity index (χ0) is 25.3. The molecule has 35 heavy (non-hydrogen) atoms. The van der Waals surface area contributed by atoms with Crippen molar-refractivity contribution in [2.24, 2.45) is 0 Å². The third-order valence-electron chi connectivity index (χ3n) is 6.84. The minimum atomic E-state index is -4.47. The number of sulfonamides is 1. The number of hydrogen-bond acceptors (Lipinski definition) is 5. The smallest absolute Gasteiger partial charge is 0.295 e. The lowest BCUT2D eigenvalue weighted by atomic mass is 10.00. The van der Waals surface area contributed by atoms with Crippen LogP contribution in [-0.4, -0.2) is 52.5 Å². The second kappa shape index (κ2) is 9.88. The summed E-state index contributed by atoms with van der Waals surface area (Å²) in [5.74, 6) is 0. The lowest BCUT2D eigenvalue weighted by Gasteiger charge is -2.48. The van der Waals surface area contributed by atoms with Crippen molar-refractivity contribution in [2.45, 2.75) is 48.9 Å². The number of likely N-dealkylation sites (N-methyl/N-ethyl adjacent to an activating group) is 1. The van der Waals surface area contributed by atoms with Crippen LogP contribution in [0.4, 0.5) is 18.9 Å². The van der Waals surface area contributed by atoms with Gasteiger partial charge in [0.1, 0.15) is 12.6 Å². The van der Waals surface area contributed by atoms with E-state index in [1.165, 1.54) is 18.2 Å². The zero-order valence-electron chi connectivity index (χ0n) is 19.4. The number of amides is 1. The van der Waals surface area contributed by atoms with Gasteiger partial charge in [0.05, 0.1) is 23.5 Å². The molecule has 2 unspecified atom stereocenters. The number of carbonyl (C=O) groups excluding carboxylic acids is 1. The largest absolute Gasteiger partial charge is 0.416 e. The first-order chi connectivity index (χ1) is 16.6. The summed E-state index contributed by atoms with van der Waals surface area (Å²) < 4.78 is 67.4. The van der Waals surface area contributed by atoms with Crippen LogP contribution in [0.2, 0.25) is 0 Å². The van der Waals surface area contributed by atoms with Crippen molar-refractivity contribution in [1.82, 2.24) is 14.3 Å². The molecule has 1 saturated heterocycles. The molecule has 190 valence electrons. The van der Waals surface area contributed by atoms with Crippen LogP contribution in [0.15, 0.2) is 53.4 Å². The van der Waals surface area contributed by atoms with Gasteiger partial charge in [0.15, 0.2) is 11.7 Å². The number of alkyl halides is 3. The molecular weight excluding hydrogens is 483 g/mol. The highest BCUT2D eigenvalue weighted by molar-refractivity contribution is 7.90. The van der Waals surface area contributed by atoms with E-state index in [0.717, 1.165) is 37.8 Å². The van der Waals surface area contributed by atoms with Crippen LogP contribution in [0.3, 0.4) is 0 Å². The van der Waals surface area contributed by atoms with E-state index in [1.807, 2.05) is 16.7 Å². The molecule has 11 heteroatoms. The summed E-state index contributed by atoms with van der Waals surface area (Å²) in [6, 6.07) is 10.8. The summed E-state index contributed by atoms with van der Waals surface area (Å²) in [4.78, 5) is 19.7. The number of halogens is 3. The Balaban J connectivity index is 1.89. The molecule has 4 rings (SSSR count). The van der Waals surface area contributed by atoms with Gasteiger partial charge in [-0.3, -0.25) is 14.4 Å². The van der Waals surface area contributed by atoms with Gasteiger partial charge in [0.2, 0.25) is 6.41 Å². The van der Waals surface area contributed by atoms with Crippen LogP contribution in [0.5, 0.6) is 0 Å². The fraction of sp³-hybridized carbons (Fsp3) is 0.458. The lowest BCUT2D eigenvalue weighted by molar-refractivity contribution is -0.226. The monoisotopic (exact) mass is 512 g/mol. The van der Waals surface area contributed by atoms with Gasteiger partial charge in [0.25, 0.3) is 10.0 Å². The highest BCUT2D eigenvalue weighted by Crippen LogP contribution is 2.44. The van der Waals surface area contributed by atoms with Gasteiger partial charge in [-0.2, -0.15) is 18.0 Å². The van der Waals surface area contributed by atoms with Crippen molar-refractivity contribution in [3.05, 3.63) is 59.7 Å². The van der Waals surface area contributed by atoms with E-state index in [0.29, 0.717) is 30.9 Å². The van der Waals surface area contributed by atoms with Gasteiger partial charge < -0.3 is 0 Å². The summed E-state index contributed by atoms with van der Waals surface area (Å²) in [5, 5.41) is 0. The molecule has 7 nitrogen and oxygen atoms in total. The molecule has 2 fully saturated rings. The van der Waals surface area contributed by atoms with Gasteiger partial charge in [0, 0.05) is 17.7 Å². The number of rotatable bonds is 7. The number of carbonyl (C=O) groups is 1. The second-order valence-electron chi connectivity index (χ2n) is 9.13. The molecule has 0 spiro atoms. The summed E-state index contributed by atoms with van der Waals surface area (Å²) in [7, 11) is -2.24. The molecule has 1 amide bonds. The SMILES string of the molecule is CN1CC[N+](OC2CCCC2)(c2ccc(C(F)(F)F)cc2)C(c2ccccc2S(=O)(=O)NC=O)C1. The van der Waals surface area contributed by atoms with Crippen LogP contribution in [0.25, 0.3) is 0 Å². The highest BCUT2D eigenvalue weighted by atomic mass is 32.2. The van der Waals surface area contributed by atoms with Gasteiger partial charge >= 0.3 is 6.18 Å². The molecular formula is C24H29F3N3O4S+. The topological polar surface area (TPSA) is 75.7 Å². The minimum absolute atomic E-state index is 0.0585. The van der Waals surface area contributed by atoms with Gasteiger partial charge in [-0.15, -0.1) is 4.65 Å². The van der Waals surface area contributed by atoms with Crippen LogP contribution >= 0.6 is 0 Å². The predicted octanol–water partition coefficient (Wildman–Crippen LogP) is 4.01. The van der Waals surface area contributed by atoms with E-state index in [2.05, 4.69) is 0 Å². The number of benzene rings is 2. The first-order valence-electron chi connectivity index (χ1n) is 11.5. The molecule has 2 aromatic carbocycles. The Kier molecular flexibility index (Phi) is 7.23. The Morgan fingerprint density at radius 1 is 1.09 bits per heavy atom. The van der Waals surface area contributed by atoms with E-state index in [1.54, 1.807) is 18.2 Å². The van der Waals surface area contributed by atoms with Gasteiger partial charge in [-0.1, -0.05) is 31.0 Å². The first kappa shape index (κ1) is 25.6. The van der Waals surface area contributed by atoms with Crippen LogP contribution < -0.4 is 9.37 Å². The molecule has 1 aliphatic carbocycles. The molecule has 1 saturated carbocycles. The molecule has 2 aromatic rings. The molecule has 1 heterocycles. The van der Waals surface area contributed by atoms with Crippen molar-refractivity contribution in [1.29, 1.82) is 0 Å². The maximum Gasteiger partial charge on any atom is 0.416 e. The molecule has 2 aliphatic rings. The Hall–Kier alpha value is -2.47. The third-order valence-corrected chi connectivity index (χ3v) is 8.20. The van der Waals surface area contributed by atoms with Crippen molar-refractivity contribution < 1.29 is 31.2 Å². The molecule has 1 N–H and O–H groups in total. The number of nitrogens with one attached hydrogen (secondary N) is 1. The fourth-order valence-corrected chi connectivity index (χ4v) is 6.13. The minimum Gasteiger partial charge on any atom is -0.295 e. The predicted molar refractivity (Wildman–Crippen MR) is 125 cm³/mol. The van der Waals surface area contributed by atoms with Crippen molar-refractivity contribution in [3.8, 4) is 0 Å². The summed E-state index contributed by atoms with van der Waals surface area (Å²) >= 11 is 0. The van der Waals surface area contributed by atoms with Crippen LogP contribution in [0.1, 0.15) is 42.9 Å². The van der Waals surface area contributed by atoms with E-state index in [-0.39, 0.29) is 22.1 Å². The van der Waals surface area contributed by atoms with Crippen molar-refractivity contribution >= 4 is 22.1 Å². The Morgan fingerprint density at radius 3 is 2.37 bits per heavy atom. The number of piperazine rings is 1. The molecule has 0 radical (unpaired) electrons. The maximum absolute atomic E-state index is 13.3. The van der Waals surface area contributed by atoms with E-state index in [4.69, 9.17) is 4.84 Å². The number of nitrogens with zero attached hydrogens (tertiary/aromatic N) is 2. The van der Waals surface area contributed by atoms with Crippen molar-refractivity contribution in [2.75, 3.05) is 26.7 Å². The molecule has 0 bridgehead atoms. The Labute approximate surface area is 203 Å². The standard InChI is InChI=1S/C24H28F3N3O4S/c1-29-14-15-30(34-20-6-2-3-7-20,19-12-10-18(11-13-19)24(25,26)27)22(16-29)21-8-4-5-9-23(21)35(32,33)28-17-31/h4-5,8-13,17,20,22H,2-3,6-7,14-16H2,1H3/p+1. The first-order valence-corrected chi connectivity index (χ1v) is 13.0. The summed E-state index contributed by atoms with van der Waals surface area (Å²) in [6.07, 6.45) is -0.802. The second-order valence-corrected chi connectivity index (χ2v) is 10.8. The van der Waals surface area contributed by atoms with E-state index < -0.39 is 27.8 Å². The Morgan fingerprint density at radius 2 is 1.74 bits per heavy atom. The summed E-state index contributed by atoms with van der Waals surface area (Å²) in [6.45, 7) is 1.42. The average Bonchev–Trinajstić information content (AvgIpc) is 3.33.